The number of fused-ring (bicyclic) bond motifs is 4. The number of Topliss-reactive ketones (excluding diaryl/α,β-unsaturated/α-hetero) is 1. The van der Waals surface area contributed by atoms with E-state index in [0.29, 0.717) is 45.4 Å². The Morgan fingerprint density at radius 1 is 0.900 bits per heavy atom. The van der Waals surface area contributed by atoms with Gasteiger partial charge in [0.05, 0.1) is 34.4 Å². The molecule has 1 atom stereocenters. The number of rotatable bonds is 4. The Hall–Kier alpha value is -3.42. The third kappa shape index (κ3) is 3.08. The van der Waals surface area contributed by atoms with E-state index in [2.05, 4.69) is 0 Å². The number of ketones is 1. The number of methoxy groups -OCH3 is 4. The minimum Gasteiger partial charge on any atom is -0.493 e. The van der Waals surface area contributed by atoms with Gasteiger partial charge < -0.3 is 28.4 Å². The van der Waals surface area contributed by atoms with Crippen LogP contribution in [0.25, 0.3) is 11.1 Å². The highest BCUT2D eigenvalue weighted by molar-refractivity contribution is 6.06. The summed E-state index contributed by atoms with van der Waals surface area (Å²) in [4.78, 5) is 25.6. The average molecular weight is 414 g/mol. The van der Waals surface area contributed by atoms with Gasteiger partial charge in [0.25, 0.3) is 0 Å². The van der Waals surface area contributed by atoms with E-state index < -0.39 is 11.9 Å². The Kier molecular flexibility index (Phi) is 5.15. The molecule has 158 valence electrons. The van der Waals surface area contributed by atoms with E-state index in [9.17, 15) is 9.59 Å². The van der Waals surface area contributed by atoms with Crippen LogP contribution in [-0.2, 0) is 16.0 Å². The maximum atomic E-state index is 13.2. The SMILES string of the molecule is COC(=O)[C@H]1CC(=O)c2cc3c(cc2-c2c(cc(OC)c(OC)c2OC)C1)OCO3. The zero-order chi connectivity index (χ0) is 21.4. The second-order valence-corrected chi connectivity index (χ2v) is 6.98. The molecule has 0 aromatic heterocycles. The van der Waals surface area contributed by atoms with E-state index in [1.54, 1.807) is 18.2 Å². The van der Waals surface area contributed by atoms with Crippen LogP contribution in [0.2, 0.25) is 0 Å². The largest absolute Gasteiger partial charge is 0.493 e. The number of hydrogen-bond donors (Lipinski definition) is 0. The third-order valence-corrected chi connectivity index (χ3v) is 5.43. The normalized spacial score (nSPS) is 16.7. The fraction of sp³-hybridized carbons (Fsp3) is 0.364. The van der Waals surface area contributed by atoms with Crippen LogP contribution < -0.4 is 23.7 Å². The van der Waals surface area contributed by atoms with Crippen molar-refractivity contribution < 1.29 is 38.0 Å². The molecule has 0 bridgehead atoms. The molecule has 0 N–H and O–H groups in total. The van der Waals surface area contributed by atoms with Gasteiger partial charge in [-0.05, 0) is 30.2 Å². The molecule has 2 aromatic carbocycles. The van der Waals surface area contributed by atoms with Gasteiger partial charge in [-0.25, -0.2) is 0 Å². The Morgan fingerprint density at radius 3 is 2.17 bits per heavy atom. The molecule has 0 saturated heterocycles. The summed E-state index contributed by atoms with van der Waals surface area (Å²) in [7, 11) is 5.87. The Morgan fingerprint density at radius 2 is 1.57 bits per heavy atom. The lowest BCUT2D eigenvalue weighted by atomic mass is 9.81. The maximum absolute atomic E-state index is 13.2. The van der Waals surface area contributed by atoms with Gasteiger partial charge in [0, 0.05) is 23.1 Å². The number of benzene rings is 2. The standard InChI is InChI=1S/C22H22O8/c1-25-18-7-11-5-12(22(24)28-4)6-15(23)13-8-16-17(30-10-29-16)9-14(13)19(11)21(27-3)20(18)26-2/h7-9,12H,5-6,10H2,1-4H3/t12-/m1/s1. The molecule has 0 amide bonds. The Labute approximate surface area is 173 Å². The van der Waals surface area contributed by atoms with Crippen molar-refractivity contribution in [2.75, 3.05) is 35.2 Å². The summed E-state index contributed by atoms with van der Waals surface area (Å²) in [6.45, 7) is 0.0765. The lowest BCUT2D eigenvalue weighted by molar-refractivity contribution is -0.145. The number of esters is 1. The first-order valence-corrected chi connectivity index (χ1v) is 9.39. The zero-order valence-electron chi connectivity index (χ0n) is 17.2. The maximum Gasteiger partial charge on any atom is 0.309 e. The summed E-state index contributed by atoms with van der Waals surface area (Å²) >= 11 is 0. The first-order valence-electron chi connectivity index (χ1n) is 9.39. The number of hydrogen-bond acceptors (Lipinski definition) is 8. The Bertz CT molecular complexity index is 1030. The van der Waals surface area contributed by atoms with Crippen molar-refractivity contribution in [3.63, 3.8) is 0 Å². The summed E-state index contributed by atoms with van der Waals surface area (Å²) in [5.74, 6) is 0.991. The van der Waals surface area contributed by atoms with Gasteiger partial charge in [-0.15, -0.1) is 0 Å². The van der Waals surface area contributed by atoms with Crippen molar-refractivity contribution in [1.29, 1.82) is 0 Å². The second-order valence-electron chi connectivity index (χ2n) is 6.98. The van der Waals surface area contributed by atoms with Crippen LogP contribution in [-0.4, -0.2) is 47.0 Å². The van der Waals surface area contributed by atoms with Crippen LogP contribution in [0.1, 0.15) is 22.3 Å². The van der Waals surface area contributed by atoms with Crippen LogP contribution in [0.3, 0.4) is 0 Å². The quantitative estimate of drug-likeness (QED) is 0.706. The average Bonchev–Trinajstić information content (AvgIpc) is 3.22. The smallest absolute Gasteiger partial charge is 0.309 e. The van der Waals surface area contributed by atoms with Crippen molar-refractivity contribution in [3.05, 3.63) is 29.3 Å². The molecule has 4 rings (SSSR count). The third-order valence-electron chi connectivity index (χ3n) is 5.43. The van der Waals surface area contributed by atoms with E-state index in [-0.39, 0.29) is 25.4 Å². The van der Waals surface area contributed by atoms with E-state index in [4.69, 9.17) is 28.4 Å². The van der Waals surface area contributed by atoms with Gasteiger partial charge >= 0.3 is 5.97 Å². The Balaban J connectivity index is 2.05. The summed E-state index contributed by atoms with van der Waals surface area (Å²) in [6.07, 6.45) is 0.285. The number of carbonyl (C=O) groups excluding carboxylic acids is 2. The van der Waals surface area contributed by atoms with Gasteiger partial charge in [0.15, 0.2) is 28.8 Å². The lowest BCUT2D eigenvalue weighted by Crippen LogP contribution is -2.24. The molecule has 0 spiro atoms. The predicted molar refractivity (Wildman–Crippen MR) is 106 cm³/mol. The predicted octanol–water partition coefficient (Wildman–Crippen LogP) is 3.03. The molecule has 1 heterocycles. The van der Waals surface area contributed by atoms with E-state index in [1.165, 1.54) is 28.4 Å². The van der Waals surface area contributed by atoms with Crippen molar-refractivity contribution in [1.82, 2.24) is 0 Å². The topological polar surface area (TPSA) is 89.5 Å². The van der Waals surface area contributed by atoms with Crippen LogP contribution in [0.15, 0.2) is 18.2 Å². The molecule has 0 radical (unpaired) electrons. The van der Waals surface area contributed by atoms with Crippen molar-refractivity contribution in [2.45, 2.75) is 12.8 Å². The molecule has 0 unspecified atom stereocenters. The molecular weight excluding hydrogens is 392 g/mol. The van der Waals surface area contributed by atoms with Crippen molar-refractivity contribution >= 4 is 11.8 Å². The molecule has 2 aliphatic rings. The number of ether oxygens (including phenoxy) is 6. The molecule has 0 saturated carbocycles. The molecule has 0 fully saturated rings. The van der Waals surface area contributed by atoms with Gasteiger partial charge in [-0.3, -0.25) is 9.59 Å². The molecule has 2 aromatic rings. The van der Waals surface area contributed by atoms with Crippen LogP contribution >= 0.6 is 0 Å². The molecule has 30 heavy (non-hydrogen) atoms. The zero-order valence-corrected chi connectivity index (χ0v) is 17.2. The molecule has 1 aliphatic heterocycles. The highest BCUT2D eigenvalue weighted by atomic mass is 16.7. The minimum atomic E-state index is -0.650. The molecule has 8 heteroatoms. The van der Waals surface area contributed by atoms with Gasteiger partial charge in [0.1, 0.15) is 0 Å². The summed E-state index contributed by atoms with van der Waals surface area (Å²) in [5.41, 5.74) is 2.46. The second kappa shape index (κ2) is 7.78. The van der Waals surface area contributed by atoms with Gasteiger partial charge in [-0.1, -0.05) is 0 Å². The first-order chi connectivity index (χ1) is 14.5. The van der Waals surface area contributed by atoms with Crippen LogP contribution in [0.5, 0.6) is 28.7 Å². The minimum absolute atomic E-state index is 0.00934. The highest BCUT2D eigenvalue weighted by Crippen LogP contribution is 2.51. The lowest BCUT2D eigenvalue weighted by Gasteiger charge is -2.25. The first kappa shape index (κ1) is 19.9. The molecule has 8 nitrogen and oxygen atoms in total. The number of carbonyl (C=O) groups is 2. The van der Waals surface area contributed by atoms with E-state index in [0.717, 1.165) is 5.56 Å². The van der Waals surface area contributed by atoms with Gasteiger partial charge in [0.2, 0.25) is 12.5 Å². The monoisotopic (exact) mass is 414 g/mol. The van der Waals surface area contributed by atoms with Gasteiger partial charge in [-0.2, -0.15) is 0 Å². The summed E-state index contributed by atoms with van der Waals surface area (Å²) < 4.78 is 32.7. The van der Waals surface area contributed by atoms with E-state index >= 15 is 0 Å². The van der Waals surface area contributed by atoms with Crippen LogP contribution in [0.4, 0.5) is 0 Å². The molecule has 1 aliphatic carbocycles. The van der Waals surface area contributed by atoms with Crippen molar-refractivity contribution in [3.8, 4) is 39.9 Å². The van der Waals surface area contributed by atoms with Crippen LogP contribution in [0, 0.1) is 5.92 Å². The highest BCUT2D eigenvalue weighted by Gasteiger charge is 2.34. The summed E-state index contributed by atoms with van der Waals surface area (Å²) in [5, 5.41) is 0. The van der Waals surface area contributed by atoms with Crippen molar-refractivity contribution in [2.24, 2.45) is 5.92 Å². The molecular formula is C22H22O8. The fourth-order valence-corrected chi connectivity index (χ4v) is 4.05. The summed E-state index contributed by atoms with van der Waals surface area (Å²) in [6, 6.07) is 5.22. The van der Waals surface area contributed by atoms with E-state index in [1.807, 2.05) is 0 Å². The fourth-order valence-electron chi connectivity index (χ4n) is 4.05.